The number of aryl methyl sites for hydroxylation is 1. The fourth-order valence-corrected chi connectivity index (χ4v) is 1.15. The molecule has 0 saturated heterocycles. The Hall–Kier alpha value is -2.24. The van der Waals surface area contributed by atoms with Gasteiger partial charge in [-0.05, 0) is 13.0 Å². The molecule has 2 rings (SSSR count). The number of carbonyl (C=O) groups excluding carboxylic acids is 1. The smallest absolute Gasteiger partial charge is 0.258 e. The average Bonchev–Trinajstić information content (AvgIpc) is 2.64. The van der Waals surface area contributed by atoms with Crippen molar-refractivity contribution in [1.82, 2.24) is 10.1 Å². The van der Waals surface area contributed by atoms with Crippen LogP contribution in [0.25, 0.3) is 0 Å². The second-order valence-corrected chi connectivity index (χ2v) is 3.17. The van der Waals surface area contributed by atoms with Gasteiger partial charge < -0.3 is 9.84 Å². The SMILES string of the molecule is Cc1cc(NC(=O)c2cncc(F)c2)no1. The average molecular weight is 221 g/mol. The van der Waals surface area contributed by atoms with Crippen molar-refractivity contribution in [2.24, 2.45) is 0 Å². The van der Waals surface area contributed by atoms with Crippen LogP contribution in [0.3, 0.4) is 0 Å². The second-order valence-electron chi connectivity index (χ2n) is 3.17. The molecule has 0 aliphatic rings. The molecular formula is C10H8FN3O2. The van der Waals surface area contributed by atoms with E-state index in [1.807, 2.05) is 0 Å². The number of anilines is 1. The molecule has 0 radical (unpaired) electrons. The Morgan fingerprint density at radius 1 is 1.44 bits per heavy atom. The first-order chi connectivity index (χ1) is 7.65. The summed E-state index contributed by atoms with van der Waals surface area (Å²) >= 11 is 0. The first-order valence-electron chi connectivity index (χ1n) is 4.50. The predicted molar refractivity (Wildman–Crippen MR) is 53.4 cm³/mol. The number of nitrogens with zero attached hydrogens (tertiary/aromatic N) is 2. The number of rotatable bonds is 2. The highest BCUT2D eigenvalue weighted by Crippen LogP contribution is 2.09. The van der Waals surface area contributed by atoms with E-state index in [4.69, 9.17) is 4.52 Å². The Bertz CT molecular complexity index is 524. The number of aromatic nitrogens is 2. The quantitative estimate of drug-likeness (QED) is 0.839. The lowest BCUT2D eigenvalue weighted by Gasteiger charge is -2.00. The van der Waals surface area contributed by atoms with Crippen molar-refractivity contribution in [3.8, 4) is 0 Å². The van der Waals surface area contributed by atoms with E-state index in [0.29, 0.717) is 5.76 Å². The Balaban J connectivity index is 2.14. The summed E-state index contributed by atoms with van der Waals surface area (Å²) in [4.78, 5) is 15.1. The molecule has 0 atom stereocenters. The highest BCUT2D eigenvalue weighted by molar-refractivity contribution is 6.03. The van der Waals surface area contributed by atoms with Crippen LogP contribution in [0.2, 0.25) is 0 Å². The first-order valence-corrected chi connectivity index (χ1v) is 4.50. The molecule has 0 aliphatic heterocycles. The van der Waals surface area contributed by atoms with Gasteiger partial charge in [-0.3, -0.25) is 9.78 Å². The van der Waals surface area contributed by atoms with E-state index < -0.39 is 11.7 Å². The van der Waals surface area contributed by atoms with Crippen molar-refractivity contribution < 1.29 is 13.7 Å². The minimum Gasteiger partial charge on any atom is -0.360 e. The van der Waals surface area contributed by atoms with Gasteiger partial charge in [0.05, 0.1) is 11.8 Å². The van der Waals surface area contributed by atoms with Gasteiger partial charge >= 0.3 is 0 Å². The van der Waals surface area contributed by atoms with Crippen LogP contribution in [0.15, 0.2) is 29.0 Å². The number of amides is 1. The molecule has 2 aromatic heterocycles. The summed E-state index contributed by atoms with van der Waals surface area (Å²) in [7, 11) is 0. The van der Waals surface area contributed by atoms with Crippen LogP contribution in [0, 0.1) is 12.7 Å². The van der Waals surface area contributed by atoms with E-state index in [1.54, 1.807) is 13.0 Å². The topological polar surface area (TPSA) is 68.0 Å². The van der Waals surface area contributed by atoms with E-state index >= 15 is 0 Å². The van der Waals surface area contributed by atoms with Crippen molar-refractivity contribution in [1.29, 1.82) is 0 Å². The highest BCUT2D eigenvalue weighted by atomic mass is 19.1. The lowest BCUT2D eigenvalue weighted by Crippen LogP contribution is -2.12. The maximum absolute atomic E-state index is 12.8. The summed E-state index contributed by atoms with van der Waals surface area (Å²) in [5.74, 6) is -0.191. The summed E-state index contributed by atoms with van der Waals surface area (Å²) in [6, 6.07) is 2.65. The number of pyridine rings is 1. The van der Waals surface area contributed by atoms with E-state index in [-0.39, 0.29) is 11.4 Å². The zero-order valence-corrected chi connectivity index (χ0v) is 8.40. The lowest BCUT2D eigenvalue weighted by molar-refractivity contribution is 0.102. The Morgan fingerprint density at radius 3 is 2.88 bits per heavy atom. The highest BCUT2D eigenvalue weighted by Gasteiger charge is 2.09. The minimum atomic E-state index is -0.566. The molecule has 1 amide bonds. The molecule has 0 bridgehead atoms. The fraction of sp³-hybridized carbons (Fsp3) is 0.100. The molecule has 0 aromatic carbocycles. The summed E-state index contributed by atoms with van der Waals surface area (Å²) in [5, 5.41) is 6.04. The normalized spacial score (nSPS) is 10.1. The molecule has 0 aliphatic carbocycles. The van der Waals surface area contributed by atoms with Crippen molar-refractivity contribution in [2.45, 2.75) is 6.92 Å². The predicted octanol–water partition coefficient (Wildman–Crippen LogP) is 1.77. The summed E-state index contributed by atoms with van der Waals surface area (Å²) in [6.07, 6.45) is 2.29. The van der Waals surface area contributed by atoms with Crippen LogP contribution in [-0.2, 0) is 0 Å². The second kappa shape index (κ2) is 4.09. The van der Waals surface area contributed by atoms with Crippen molar-refractivity contribution >= 4 is 11.7 Å². The van der Waals surface area contributed by atoms with Crippen molar-refractivity contribution in [2.75, 3.05) is 5.32 Å². The lowest BCUT2D eigenvalue weighted by atomic mass is 10.2. The molecule has 0 saturated carbocycles. The summed E-state index contributed by atoms with van der Waals surface area (Å²) in [6.45, 7) is 1.70. The summed E-state index contributed by atoms with van der Waals surface area (Å²) in [5.41, 5.74) is 0.126. The third-order valence-electron chi connectivity index (χ3n) is 1.84. The van der Waals surface area contributed by atoms with Gasteiger partial charge in [-0.25, -0.2) is 4.39 Å². The summed E-state index contributed by atoms with van der Waals surface area (Å²) < 4.78 is 17.6. The van der Waals surface area contributed by atoms with Crippen LogP contribution in [-0.4, -0.2) is 16.0 Å². The molecule has 2 heterocycles. The van der Waals surface area contributed by atoms with E-state index in [1.165, 1.54) is 6.20 Å². The Morgan fingerprint density at radius 2 is 2.25 bits per heavy atom. The molecule has 0 fully saturated rings. The third-order valence-corrected chi connectivity index (χ3v) is 1.84. The standard InChI is InChI=1S/C10H8FN3O2/c1-6-2-9(14-16-6)13-10(15)7-3-8(11)5-12-4-7/h2-5H,1H3,(H,13,14,15). The third kappa shape index (κ3) is 2.22. The van der Waals surface area contributed by atoms with Gasteiger partial charge in [0.2, 0.25) is 0 Å². The van der Waals surface area contributed by atoms with Gasteiger partial charge in [-0.2, -0.15) is 0 Å². The van der Waals surface area contributed by atoms with Crippen LogP contribution in [0.1, 0.15) is 16.1 Å². The molecule has 6 heteroatoms. The monoisotopic (exact) mass is 221 g/mol. The molecular weight excluding hydrogens is 213 g/mol. The number of hydrogen-bond acceptors (Lipinski definition) is 4. The first kappa shape index (κ1) is 10.3. The molecule has 5 nitrogen and oxygen atoms in total. The zero-order chi connectivity index (χ0) is 11.5. The molecule has 1 N–H and O–H groups in total. The molecule has 0 spiro atoms. The van der Waals surface area contributed by atoms with E-state index in [0.717, 1.165) is 12.3 Å². The van der Waals surface area contributed by atoms with Gasteiger partial charge in [0.15, 0.2) is 5.82 Å². The number of halogens is 1. The molecule has 82 valence electrons. The van der Waals surface area contributed by atoms with E-state index in [9.17, 15) is 9.18 Å². The van der Waals surface area contributed by atoms with Crippen LogP contribution in [0.5, 0.6) is 0 Å². The molecule has 2 aromatic rings. The van der Waals surface area contributed by atoms with Gasteiger partial charge in [-0.1, -0.05) is 5.16 Å². The number of carbonyl (C=O) groups is 1. The van der Waals surface area contributed by atoms with Crippen LogP contribution < -0.4 is 5.32 Å². The van der Waals surface area contributed by atoms with Gasteiger partial charge in [0, 0.05) is 12.3 Å². The number of hydrogen-bond donors (Lipinski definition) is 1. The maximum atomic E-state index is 12.8. The molecule has 0 unspecified atom stereocenters. The Kier molecular flexibility index (Phi) is 2.63. The fourth-order valence-electron chi connectivity index (χ4n) is 1.15. The molecule has 16 heavy (non-hydrogen) atoms. The zero-order valence-electron chi connectivity index (χ0n) is 8.40. The van der Waals surface area contributed by atoms with Crippen molar-refractivity contribution in [3.63, 3.8) is 0 Å². The van der Waals surface area contributed by atoms with Gasteiger partial charge in [0.25, 0.3) is 5.91 Å². The Labute approximate surface area is 90.3 Å². The minimum absolute atomic E-state index is 0.126. The van der Waals surface area contributed by atoms with Crippen molar-refractivity contribution in [3.05, 3.63) is 41.7 Å². The largest absolute Gasteiger partial charge is 0.360 e. The van der Waals surface area contributed by atoms with Crippen LogP contribution >= 0.6 is 0 Å². The maximum Gasteiger partial charge on any atom is 0.258 e. The number of nitrogens with one attached hydrogen (secondary N) is 1. The van der Waals surface area contributed by atoms with Gasteiger partial charge in [-0.15, -0.1) is 0 Å². The van der Waals surface area contributed by atoms with E-state index in [2.05, 4.69) is 15.5 Å². The van der Waals surface area contributed by atoms with Gasteiger partial charge in [0.1, 0.15) is 11.6 Å². The van der Waals surface area contributed by atoms with Crippen LogP contribution in [0.4, 0.5) is 10.2 Å².